The maximum atomic E-state index is 5.70. The molecule has 2 fully saturated rings. The van der Waals surface area contributed by atoms with Crippen LogP contribution < -0.4 is 10.6 Å². The molecule has 2 heterocycles. The zero-order chi connectivity index (χ0) is 9.26. The fourth-order valence-electron chi connectivity index (χ4n) is 2.18. The molecule has 2 N–H and O–H groups in total. The van der Waals surface area contributed by atoms with Crippen molar-refractivity contribution >= 4 is 0 Å². The highest BCUT2D eigenvalue weighted by molar-refractivity contribution is 4.99. The van der Waals surface area contributed by atoms with Crippen LogP contribution in [0.4, 0.5) is 0 Å². The molecule has 0 radical (unpaired) electrons. The van der Waals surface area contributed by atoms with E-state index in [1.807, 2.05) is 7.05 Å². The third kappa shape index (κ3) is 1.59. The molecule has 0 aromatic carbocycles. The Kier molecular flexibility index (Phi) is 2.83. The van der Waals surface area contributed by atoms with Gasteiger partial charge in [-0.05, 0) is 13.6 Å². The fourth-order valence-corrected chi connectivity index (χ4v) is 2.18. The van der Waals surface area contributed by atoms with Crippen molar-refractivity contribution in [3.63, 3.8) is 0 Å². The summed E-state index contributed by atoms with van der Waals surface area (Å²) < 4.78 is 11.4. The maximum absolute atomic E-state index is 5.70. The van der Waals surface area contributed by atoms with Gasteiger partial charge in [-0.15, -0.1) is 0 Å². The molecule has 0 saturated carbocycles. The average Bonchev–Trinajstić information content (AvgIpc) is 2.68. The van der Waals surface area contributed by atoms with Gasteiger partial charge >= 0.3 is 0 Å². The van der Waals surface area contributed by atoms with Gasteiger partial charge in [0, 0.05) is 0 Å². The van der Waals surface area contributed by atoms with E-state index in [2.05, 4.69) is 17.6 Å². The molecule has 0 aliphatic carbocycles. The van der Waals surface area contributed by atoms with Crippen molar-refractivity contribution in [1.29, 1.82) is 0 Å². The molecule has 0 bridgehead atoms. The highest BCUT2D eigenvalue weighted by Crippen LogP contribution is 2.26. The lowest BCUT2D eigenvalue weighted by molar-refractivity contribution is 0.0661. The van der Waals surface area contributed by atoms with Crippen LogP contribution in [-0.2, 0) is 9.47 Å². The van der Waals surface area contributed by atoms with Gasteiger partial charge in [-0.2, -0.15) is 0 Å². The van der Waals surface area contributed by atoms with Gasteiger partial charge in [0.1, 0.15) is 12.2 Å². The van der Waals surface area contributed by atoms with Gasteiger partial charge < -0.3 is 20.1 Å². The second kappa shape index (κ2) is 3.92. The molecule has 0 amide bonds. The highest BCUT2D eigenvalue weighted by Gasteiger charge is 2.46. The first-order valence-corrected chi connectivity index (χ1v) is 5.00. The summed E-state index contributed by atoms with van der Waals surface area (Å²) in [6.07, 6.45) is 0.492. The minimum absolute atomic E-state index is 0.244. The van der Waals surface area contributed by atoms with Crippen molar-refractivity contribution in [3.8, 4) is 0 Å². The first-order chi connectivity index (χ1) is 6.36. The first-order valence-electron chi connectivity index (χ1n) is 5.00. The summed E-state index contributed by atoms with van der Waals surface area (Å²) in [6.45, 7) is 4.64. The minimum atomic E-state index is 0.244. The van der Waals surface area contributed by atoms with Gasteiger partial charge in [-0.1, -0.05) is 6.92 Å². The van der Waals surface area contributed by atoms with E-state index in [1.54, 1.807) is 0 Å². The monoisotopic (exact) mass is 186 g/mol. The number of likely N-dealkylation sites (N-methyl/N-ethyl adjacent to an activating group) is 2. The van der Waals surface area contributed by atoms with Crippen LogP contribution in [0, 0.1) is 0 Å². The van der Waals surface area contributed by atoms with Crippen LogP contribution in [0.15, 0.2) is 0 Å². The molecule has 4 heteroatoms. The topological polar surface area (TPSA) is 42.5 Å². The molecule has 0 aromatic heterocycles. The number of hydrogen-bond donors (Lipinski definition) is 2. The average molecular weight is 186 g/mol. The molecule has 2 aliphatic heterocycles. The van der Waals surface area contributed by atoms with Crippen LogP contribution in [0.1, 0.15) is 6.92 Å². The highest BCUT2D eigenvalue weighted by atomic mass is 16.6. The van der Waals surface area contributed by atoms with Gasteiger partial charge in [-0.3, -0.25) is 0 Å². The Morgan fingerprint density at radius 1 is 1.15 bits per heavy atom. The molecule has 2 aliphatic rings. The zero-order valence-corrected chi connectivity index (χ0v) is 8.25. The van der Waals surface area contributed by atoms with Crippen molar-refractivity contribution in [3.05, 3.63) is 0 Å². The molecule has 2 saturated heterocycles. The van der Waals surface area contributed by atoms with E-state index in [0.717, 1.165) is 19.8 Å². The summed E-state index contributed by atoms with van der Waals surface area (Å²) in [5, 5.41) is 6.60. The quantitative estimate of drug-likeness (QED) is 0.614. The summed E-state index contributed by atoms with van der Waals surface area (Å²) in [7, 11) is 1.96. The molecule has 2 rings (SSSR count). The van der Waals surface area contributed by atoms with Crippen molar-refractivity contribution in [2.75, 3.05) is 26.8 Å². The third-order valence-electron chi connectivity index (χ3n) is 2.89. The molecule has 4 nitrogen and oxygen atoms in total. The van der Waals surface area contributed by atoms with E-state index in [-0.39, 0.29) is 12.2 Å². The molecule has 0 aromatic rings. The second-order valence-corrected chi connectivity index (χ2v) is 3.66. The number of hydrogen-bond acceptors (Lipinski definition) is 4. The van der Waals surface area contributed by atoms with E-state index < -0.39 is 0 Å². The number of ether oxygens (including phenoxy) is 2. The van der Waals surface area contributed by atoms with Crippen molar-refractivity contribution < 1.29 is 9.47 Å². The lowest BCUT2D eigenvalue weighted by Crippen LogP contribution is -2.42. The van der Waals surface area contributed by atoms with Crippen LogP contribution in [0.3, 0.4) is 0 Å². The maximum Gasteiger partial charge on any atom is 0.103 e. The van der Waals surface area contributed by atoms with Gasteiger partial charge in [0.05, 0.1) is 25.3 Å². The third-order valence-corrected chi connectivity index (χ3v) is 2.89. The van der Waals surface area contributed by atoms with E-state index in [9.17, 15) is 0 Å². The lowest BCUT2D eigenvalue weighted by atomic mass is 10.1. The van der Waals surface area contributed by atoms with Gasteiger partial charge in [0.15, 0.2) is 0 Å². The summed E-state index contributed by atoms with van der Waals surface area (Å²) in [5.74, 6) is 0. The van der Waals surface area contributed by atoms with Crippen molar-refractivity contribution in [2.45, 2.75) is 31.2 Å². The molecule has 2 unspecified atom stereocenters. The van der Waals surface area contributed by atoms with Gasteiger partial charge in [-0.25, -0.2) is 0 Å². The van der Waals surface area contributed by atoms with E-state index in [4.69, 9.17) is 9.47 Å². The normalized spacial score (nSPS) is 43.8. The Balaban J connectivity index is 1.95. The Morgan fingerprint density at radius 3 is 2.38 bits per heavy atom. The van der Waals surface area contributed by atoms with Crippen LogP contribution in [-0.4, -0.2) is 51.1 Å². The van der Waals surface area contributed by atoms with Crippen LogP contribution in [0.5, 0.6) is 0 Å². The van der Waals surface area contributed by atoms with Crippen LogP contribution >= 0.6 is 0 Å². The van der Waals surface area contributed by atoms with Crippen LogP contribution in [0.2, 0.25) is 0 Å². The summed E-state index contributed by atoms with van der Waals surface area (Å²) in [5.41, 5.74) is 0. The molecule has 13 heavy (non-hydrogen) atoms. The summed E-state index contributed by atoms with van der Waals surface area (Å²) >= 11 is 0. The Hall–Kier alpha value is -0.160. The molecular weight excluding hydrogens is 168 g/mol. The molecular formula is C9H18N2O2. The molecule has 0 spiro atoms. The number of nitrogens with one attached hydrogen (secondary N) is 2. The Labute approximate surface area is 79.0 Å². The summed E-state index contributed by atoms with van der Waals surface area (Å²) in [6, 6.07) is 0.752. The standard InChI is InChI=1S/C9H18N2O2/c1-3-11-7-5-13-8-6(10-2)4-12-9(7)8/h6-11H,3-5H2,1-2H3/t6?,7?,8-,9-/m1/s1. The Bertz CT molecular complexity index is 177. The van der Waals surface area contributed by atoms with Crippen LogP contribution in [0.25, 0.3) is 0 Å². The van der Waals surface area contributed by atoms with Gasteiger partial charge in [0.25, 0.3) is 0 Å². The predicted octanol–water partition coefficient (Wildman–Crippen LogP) is -0.650. The SMILES string of the molecule is CCNC1CO[C@@H]2C(NC)CO[C@H]12. The number of fused-ring (bicyclic) bond motifs is 1. The van der Waals surface area contributed by atoms with E-state index in [1.165, 1.54) is 0 Å². The minimum Gasteiger partial charge on any atom is -0.372 e. The molecule has 76 valence electrons. The van der Waals surface area contributed by atoms with E-state index >= 15 is 0 Å². The number of rotatable bonds is 3. The lowest BCUT2D eigenvalue weighted by Gasteiger charge is -2.16. The van der Waals surface area contributed by atoms with Crippen molar-refractivity contribution in [2.24, 2.45) is 0 Å². The van der Waals surface area contributed by atoms with Gasteiger partial charge in [0.2, 0.25) is 0 Å². The fraction of sp³-hybridized carbons (Fsp3) is 1.00. The van der Waals surface area contributed by atoms with Crippen molar-refractivity contribution in [1.82, 2.24) is 10.6 Å². The summed E-state index contributed by atoms with van der Waals surface area (Å²) in [4.78, 5) is 0. The molecule has 4 atom stereocenters. The smallest absolute Gasteiger partial charge is 0.103 e. The Morgan fingerprint density at radius 2 is 1.77 bits per heavy atom. The second-order valence-electron chi connectivity index (χ2n) is 3.66. The predicted molar refractivity (Wildman–Crippen MR) is 49.8 cm³/mol. The zero-order valence-electron chi connectivity index (χ0n) is 8.25. The van der Waals surface area contributed by atoms with E-state index in [0.29, 0.717) is 12.1 Å². The largest absolute Gasteiger partial charge is 0.372 e. The first kappa shape index (κ1) is 9.40.